The molecule has 4 nitrogen and oxygen atoms in total. The Morgan fingerprint density at radius 3 is 2.67 bits per heavy atom. The summed E-state index contributed by atoms with van der Waals surface area (Å²) in [4.78, 5) is 10.8. The summed E-state index contributed by atoms with van der Waals surface area (Å²) in [5.74, 6) is -1.02. The van der Waals surface area contributed by atoms with Crippen molar-refractivity contribution in [2.75, 3.05) is 0 Å². The first-order valence-corrected chi connectivity index (χ1v) is 4.11. The molecule has 0 radical (unpaired) electrons. The fraction of sp³-hybridized carbons (Fsp3) is 0.200. The van der Waals surface area contributed by atoms with E-state index in [0.717, 1.165) is 0 Å². The normalized spacial score (nSPS) is 10.9. The molecule has 5 heteroatoms. The number of hydrogen-bond acceptors (Lipinski definition) is 3. The molecule has 1 aromatic carbocycles. The molecule has 15 heavy (non-hydrogen) atoms. The van der Waals surface area contributed by atoms with Gasteiger partial charge in [0.1, 0.15) is 0 Å². The van der Waals surface area contributed by atoms with Gasteiger partial charge < -0.3 is 10.8 Å². The average molecular weight is 227 g/mol. The van der Waals surface area contributed by atoms with Crippen LogP contribution >= 0.6 is 12.4 Å². The molecule has 1 rings (SSSR count). The maximum atomic E-state index is 10.8. The van der Waals surface area contributed by atoms with Gasteiger partial charge in [0.15, 0.2) is 0 Å². The van der Waals surface area contributed by atoms with E-state index in [0.29, 0.717) is 5.56 Å². The van der Waals surface area contributed by atoms with Crippen molar-refractivity contribution in [3.63, 3.8) is 0 Å². The van der Waals surface area contributed by atoms with Crippen molar-refractivity contribution in [2.24, 2.45) is 5.73 Å². The minimum atomic E-state index is -1.02. The molecular weight excluding hydrogens is 216 g/mol. The first-order chi connectivity index (χ1) is 6.66. The molecule has 0 aliphatic heterocycles. The summed E-state index contributed by atoms with van der Waals surface area (Å²) in [7, 11) is 0. The highest BCUT2D eigenvalue weighted by Crippen LogP contribution is 2.18. The second-order valence-corrected chi connectivity index (χ2v) is 2.86. The zero-order valence-electron chi connectivity index (χ0n) is 7.88. The second-order valence-electron chi connectivity index (χ2n) is 2.86. The zero-order valence-corrected chi connectivity index (χ0v) is 8.70. The lowest BCUT2D eigenvalue weighted by atomic mass is 9.99. The number of nitriles is 1. The Bertz CT molecular complexity index is 387. The van der Waals surface area contributed by atoms with Crippen molar-refractivity contribution >= 4 is 18.4 Å². The molecule has 0 saturated carbocycles. The van der Waals surface area contributed by atoms with Crippen molar-refractivity contribution in [3.8, 4) is 6.07 Å². The SMILES string of the molecule is Cl.N#CC[C@H](N)c1ccccc1C(=O)O. The van der Waals surface area contributed by atoms with Crippen LogP contribution in [0.2, 0.25) is 0 Å². The smallest absolute Gasteiger partial charge is 0.336 e. The third kappa shape index (κ3) is 3.24. The highest BCUT2D eigenvalue weighted by molar-refractivity contribution is 5.89. The highest BCUT2D eigenvalue weighted by atomic mass is 35.5. The van der Waals surface area contributed by atoms with E-state index in [-0.39, 0.29) is 24.4 Å². The van der Waals surface area contributed by atoms with Crippen LogP contribution in [0.25, 0.3) is 0 Å². The maximum Gasteiger partial charge on any atom is 0.336 e. The highest BCUT2D eigenvalue weighted by Gasteiger charge is 2.14. The minimum absolute atomic E-state index is 0. The molecule has 3 N–H and O–H groups in total. The van der Waals surface area contributed by atoms with E-state index >= 15 is 0 Å². The third-order valence-electron chi connectivity index (χ3n) is 1.90. The monoisotopic (exact) mass is 226 g/mol. The Hall–Kier alpha value is -1.57. The van der Waals surface area contributed by atoms with Crippen molar-refractivity contribution in [3.05, 3.63) is 35.4 Å². The van der Waals surface area contributed by atoms with Gasteiger partial charge in [-0.2, -0.15) is 5.26 Å². The number of halogens is 1. The van der Waals surface area contributed by atoms with Gasteiger partial charge in [-0.25, -0.2) is 4.79 Å². The molecule has 0 amide bonds. The van der Waals surface area contributed by atoms with Gasteiger partial charge in [0.25, 0.3) is 0 Å². The number of nitrogens with two attached hydrogens (primary N) is 1. The number of benzene rings is 1. The Morgan fingerprint density at radius 2 is 2.13 bits per heavy atom. The molecular formula is C10H11ClN2O2. The van der Waals surface area contributed by atoms with Gasteiger partial charge in [-0.15, -0.1) is 12.4 Å². The van der Waals surface area contributed by atoms with Gasteiger partial charge in [-0.1, -0.05) is 18.2 Å². The third-order valence-corrected chi connectivity index (χ3v) is 1.90. The van der Waals surface area contributed by atoms with Gasteiger partial charge in [0, 0.05) is 6.04 Å². The lowest BCUT2D eigenvalue weighted by molar-refractivity contribution is 0.0695. The first-order valence-electron chi connectivity index (χ1n) is 4.11. The molecule has 0 saturated heterocycles. The van der Waals surface area contributed by atoms with Crippen LogP contribution in [0.15, 0.2) is 24.3 Å². The summed E-state index contributed by atoms with van der Waals surface area (Å²) < 4.78 is 0. The molecule has 0 fully saturated rings. The predicted molar refractivity (Wildman–Crippen MR) is 57.8 cm³/mol. The molecule has 1 atom stereocenters. The van der Waals surface area contributed by atoms with Gasteiger partial charge in [-0.05, 0) is 11.6 Å². The molecule has 0 aliphatic carbocycles. The number of nitrogens with zero attached hydrogens (tertiary/aromatic N) is 1. The Labute approximate surface area is 93.7 Å². The lowest BCUT2D eigenvalue weighted by Crippen LogP contribution is -2.14. The van der Waals surface area contributed by atoms with Crippen LogP contribution in [-0.2, 0) is 0 Å². The van der Waals surface area contributed by atoms with E-state index in [1.807, 2.05) is 6.07 Å². The Kier molecular flexibility index (Phi) is 5.39. The second kappa shape index (κ2) is 6.02. The molecule has 0 spiro atoms. The van der Waals surface area contributed by atoms with E-state index in [4.69, 9.17) is 16.1 Å². The van der Waals surface area contributed by atoms with Crippen molar-refractivity contribution in [1.82, 2.24) is 0 Å². The van der Waals surface area contributed by atoms with Crippen LogP contribution in [0, 0.1) is 11.3 Å². The average Bonchev–Trinajstić information content (AvgIpc) is 2.18. The number of carboxylic acids is 1. The molecule has 80 valence electrons. The molecule has 0 bridgehead atoms. The number of carbonyl (C=O) groups is 1. The van der Waals surface area contributed by atoms with Crippen LogP contribution in [0.1, 0.15) is 28.4 Å². The molecule has 0 aliphatic rings. The summed E-state index contributed by atoms with van der Waals surface area (Å²) in [6.45, 7) is 0. The minimum Gasteiger partial charge on any atom is -0.478 e. The Balaban J connectivity index is 0.00000196. The number of carboxylic acid groups (broad SMARTS) is 1. The predicted octanol–water partition coefficient (Wildman–Crippen LogP) is 1.72. The van der Waals surface area contributed by atoms with Crippen LogP contribution < -0.4 is 5.73 Å². The van der Waals surface area contributed by atoms with E-state index in [2.05, 4.69) is 0 Å². The fourth-order valence-corrected chi connectivity index (χ4v) is 1.22. The first kappa shape index (κ1) is 13.4. The number of aromatic carboxylic acids is 1. The van der Waals surface area contributed by atoms with Crippen LogP contribution in [0.5, 0.6) is 0 Å². The largest absolute Gasteiger partial charge is 0.478 e. The van der Waals surface area contributed by atoms with Crippen molar-refractivity contribution in [2.45, 2.75) is 12.5 Å². The van der Waals surface area contributed by atoms with E-state index in [1.165, 1.54) is 6.07 Å². The maximum absolute atomic E-state index is 10.8. The Morgan fingerprint density at radius 1 is 1.53 bits per heavy atom. The standard InChI is InChI=1S/C10H10N2O2.ClH/c11-6-5-9(12)7-3-1-2-4-8(7)10(13)14;/h1-4,9H,5,12H2,(H,13,14);1H/t9-;/m0./s1. The summed E-state index contributed by atoms with van der Waals surface area (Å²) in [5.41, 5.74) is 6.32. The van der Waals surface area contributed by atoms with Gasteiger partial charge >= 0.3 is 5.97 Å². The summed E-state index contributed by atoms with van der Waals surface area (Å²) in [6, 6.07) is 7.83. The van der Waals surface area contributed by atoms with Crippen molar-refractivity contribution < 1.29 is 9.90 Å². The topological polar surface area (TPSA) is 87.1 Å². The number of hydrogen-bond donors (Lipinski definition) is 2. The fourth-order valence-electron chi connectivity index (χ4n) is 1.22. The van der Waals surface area contributed by atoms with Gasteiger partial charge in [0.05, 0.1) is 18.1 Å². The lowest BCUT2D eigenvalue weighted by Gasteiger charge is -2.10. The van der Waals surface area contributed by atoms with Crippen molar-refractivity contribution in [1.29, 1.82) is 5.26 Å². The van der Waals surface area contributed by atoms with Gasteiger partial charge in [0.2, 0.25) is 0 Å². The quantitative estimate of drug-likeness (QED) is 0.822. The zero-order chi connectivity index (χ0) is 10.6. The molecule has 0 heterocycles. The van der Waals surface area contributed by atoms with E-state index in [1.54, 1.807) is 18.2 Å². The molecule has 0 aromatic heterocycles. The number of rotatable bonds is 3. The molecule has 1 aromatic rings. The summed E-state index contributed by atoms with van der Waals surface area (Å²) in [5, 5.41) is 17.3. The van der Waals surface area contributed by atoms with E-state index in [9.17, 15) is 4.79 Å². The summed E-state index contributed by atoms with van der Waals surface area (Å²) >= 11 is 0. The van der Waals surface area contributed by atoms with E-state index < -0.39 is 12.0 Å². The van der Waals surface area contributed by atoms with Crippen LogP contribution in [-0.4, -0.2) is 11.1 Å². The van der Waals surface area contributed by atoms with Gasteiger partial charge in [-0.3, -0.25) is 0 Å². The van der Waals surface area contributed by atoms with Crippen LogP contribution in [0.3, 0.4) is 0 Å². The summed E-state index contributed by atoms with van der Waals surface area (Å²) in [6.07, 6.45) is 0.115. The van der Waals surface area contributed by atoms with Crippen LogP contribution in [0.4, 0.5) is 0 Å². The molecule has 0 unspecified atom stereocenters.